The zero-order valence-electron chi connectivity index (χ0n) is 14.6. The van der Waals surface area contributed by atoms with Crippen LogP contribution in [0.5, 0.6) is 0 Å². The summed E-state index contributed by atoms with van der Waals surface area (Å²) in [5.41, 5.74) is 7.62. The maximum absolute atomic E-state index is 11.4. The van der Waals surface area contributed by atoms with Crippen LogP contribution in [0.15, 0.2) is 54.6 Å². The number of rotatable bonds is 4. The van der Waals surface area contributed by atoms with Crippen LogP contribution < -0.4 is 10.6 Å². The van der Waals surface area contributed by atoms with Crippen LogP contribution in [0.1, 0.15) is 24.2 Å². The van der Waals surface area contributed by atoms with Crippen LogP contribution in [0.25, 0.3) is 10.9 Å². The van der Waals surface area contributed by atoms with Gasteiger partial charge in [0.25, 0.3) is 0 Å². The van der Waals surface area contributed by atoms with Gasteiger partial charge in [-0.3, -0.25) is 4.79 Å². The summed E-state index contributed by atoms with van der Waals surface area (Å²) in [6.07, 6.45) is 2.26. The molecule has 0 bridgehead atoms. The van der Waals surface area contributed by atoms with Gasteiger partial charge in [-0.25, -0.2) is 9.97 Å². The molecular weight excluding hydrogens is 324 g/mol. The second-order valence-electron chi connectivity index (χ2n) is 6.81. The lowest BCUT2D eigenvalue weighted by atomic mass is 9.96. The summed E-state index contributed by atoms with van der Waals surface area (Å²) < 4.78 is 0. The van der Waals surface area contributed by atoms with Crippen LogP contribution in [0.2, 0.25) is 0 Å². The molecule has 0 atom stereocenters. The van der Waals surface area contributed by atoms with E-state index in [0.717, 1.165) is 48.5 Å². The number of para-hydroxylation sites is 1. The number of hydrogen-bond acceptors (Lipinski definition) is 4. The topological polar surface area (TPSA) is 72.1 Å². The summed E-state index contributed by atoms with van der Waals surface area (Å²) in [6.45, 7) is 1.58. The quantitative estimate of drug-likeness (QED) is 0.788. The number of benzene rings is 2. The minimum absolute atomic E-state index is 0.0249. The average molecular weight is 346 g/mol. The first-order valence-corrected chi connectivity index (χ1v) is 9.04. The number of primary amides is 1. The number of amides is 1. The van der Waals surface area contributed by atoms with Crippen LogP contribution in [0.3, 0.4) is 0 Å². The third-order valence-corrected chi connectivity index (χ3v) is 5.03. The minimum atomic E-state index is -0.193. The van der Waals surface area contributed by atoms with E-state index in [2.05, 4.69) is 23.1 Å². The second-order valence-corrected chi connectivity index (χ2v) is 6.81. The lowest BCUT2D eigenvalue weighted by Gasteiger charge is -2.32. The van der Waals surface area contributed by atoms with Crippen molar-refractivity contribution >= 4 is 22.6 Å². The Bertz CT molecular complexity index is 918. The van der Waals surface area contributed by atoms with Gasteiger partial charge in [-0.1, -0.05) is 42.5 Å². The SMILES string of the molecule is NC(=O)C1CCN(c2nc(Cc3ccccc3)nc3ccccc23)CC1. The molecule has 0 aliphatic carbocycles. The normalized spacial score (nSPS) is 15.3. The molecule has 2 N–H and O–H groups in total. The first-order chi connectivity index (χ1) is 12.7. The van der Waals surface area contributed by atoms with Crippen LogP contribution in [0, 0.1) is 5.92 Å². The standard InChI is InChI=1S/C21H22N4O/c22-20(26)16-10-12-25(13-11-16)21-17-8-4-5-9-18(17)23-19(24-21)14-15-6-2-1-3-7-15/h1-9,16H,10-14H2,(H2,22,26). The fourth-order valence-corrected chi connectivity index (χ4v) is 3.58. The van der Waals surface area contributed by atoms with Crippen molar-refractivity contribution in [3.05, 3.63) is 66.0 Å². The summed E-state index contributed by atoms with van der Waals surface area (Å²) in [6, 6.07) is 18.4. The van der Waals surface area contributed by atoms with E-state index in [-0.39, 0.29) is 11.8 Å². The van der Waals surface area contributed by atoms with E-state index in [1.165, 1.54) is 5.56 Å². The maximum Gasteiger partial charge on any atom is 0.220 e. The minimum Gasteiger partial charge on any atom is -0.369 e. The molecular formula is C21H22N4O. The number of fused-ring (bicyclic) bond motifs is 1. The Labute approximate surface area is 152 Å². The van der Waals surface area contributed by atoms with Gasteiger partial charge in [0, 0.05) is 30.8 Å². The van der Waals surface area contributed by atoms with Gasteiger partial charge < -0.3 is 10.6 Å². The van der Waals surface area contributed by atoms with Gasteiger partial charge in [0.05, 0.1) is 5.52 Å². The zero-order chi connectivity index (χ0) is 17.9. The van der Waals surface area contributed by atoms with Crippen molar-refractivity contribution in [1.29, 1.82) is 0 Å². The summed E-state index contributed by atoms with van der Waals surface area (Å²) in [5.74, 6) is 1.57. The van der Waals surface area contributed by atoms with E-state index in [1.807, 2.05) is 36.4 Å². The van der Waals surface area contributed by atoms with Crippen molar-refractivity contribution in [1.82, 2.24) is 9.97 Å². The second kappa shape index (κ2) is 7.12. The Balaban J connectivity index is 1.68. The van der Waals surface area contributed by atoms with Crippen LogP contribution >= 0.6 is 0 Å². The van der Waals surface area contributed by atoms with Gasteiger partial charge in [-0.2, -0.15) is 0 Å². The number of nitrogens with two attached hydrogens (primary N) is 1. The highest BCUT2D eigenvalue weighted by atomic mass is 16.1. The zero-order valence-corrected chi connectivity index (χ0v) is 14.6. The number of carbonyl (C=O) groups is 1. The molecule has 4 rings (SSSR count). The predicted octanol–water partition coefficient (Wildman–Crippen LogP) is 2.92. The maximum atomic E-state index is 11.4. The van der Waals surface area contributed by atoms with Crippen LogP contribution in [-0.4, -0.2) is 29.0 Å². The number of aromatic nitrogens is 2. The van der Waals surface area contributed by atoms with Gasteiger partial charge >= 0.3 is 0 Å². The summed E-state index contributed by atoms with van der Waals surface area (Å²) in [7, 11) is 0. The number of hydrogen-bond donors (Lipinski definition) is 1. The van der Waals surface area contributed by atoms with Gasteiger partial charge in [0.15, 0.2) is 0 Å². The Kier molecular flexibility index (Phi) is 4.52. The monoisotopic (exact) mass is 346 g/mol. The van der Waals surface area contributed by atoms with Crippen molar-refractivity contribution in [2.24, 2.45) is 11.7 Å². The summed E-state index contributed by atoms with van der Waals surface area (Å²) in [4.78, 5) is 23.4. The highest BCUT2D eigenvalue weighted by Crippen LogP contribution is 2.28. The summed E-state index contributed by atoms with van der Waals surface area (Å²) in [5, 5.41) is 1.06. The largest absolute Gasteiger partial charge is 0.369 e. The molecule has 1 aliphatic rings. The van der Waals surface area contributed by atoms with Crippen molar-refractivity contribution in [3.8, 4) is 0 Å². The van der Waals surface area contributed by atoms with E-state index in [1.54, 1.807) is 0 Å². The molecule has 1 aromatic heterocycles. The van der Waals surface area contributed by atoms with Gasteiger partial charge in [0.2, 0.25) is 5.91 Å². The molecule has 0 unspecified atom stereocenters. The highest BCUT2D eigenvalue weighted by Gasteiger charge is 2.25. The first-order valence-electron chi connectivity index (χ1n) is 9.04. The summed E-state index contributed by atoms with van der Waals surface area (Å²) >= 11 is 0. The third-order valence-electron chi connectivity index (χ3n) is 5.03. The van der Waals surface area contributed by atoms with Crippen molar-refractivity contribution < 1.29 is 4.79 Å². The van der Waals surface area contributed by atoms with Crippen LogP contribution in [-0.2, 0) is 11.2 Å². The molecule has 0 radical (unpaired) electrons. The Morgan fingerprint density at radius 1 is 1.00 bits per heavy atom. The lowest BCUT2D eigenvalue weighted by Crippen LogP contribution is -2.39. The number of piperidine rings is 1. The molecule has 1 fully saturated rings. The number of anilines is 1. The molecule has 5 heteroatoms. The van der Waals surface area contributed by atoms with Gasteiger partial charge in [-0.15, -0.1) is 0 Å². The Morgan fingerprint density at radius 3 is 2.42 bits per heavy atom. The molecule has 132 valence electrons. The molecule has 0 spiro atoms. The van der Waals surface area contributed by atoms with E-state index >= 15 is 0 Å². The lowest BCUT2D eigenvalue weighted by molar-refractivity contribution is -0.122. The molecule has 3 aromatic rings. The van der Waals surface area contributed by atoms with Crippen molar-refractivity contribution in [2.45, 2.75) is 19.3 Å². The molecule has 1 amide bonds. The molecule has 26 heavy (non-hydrogen) atoms. The Morgan fingerprint density at radius 2 is 1.69 bits per heavy atom. The molecule has 5 nitrogen and oxygen atoms in total. The van der Waals surface area contributed by atoms with Crippen molar-refractivity contribution in [2.75, 3.05) is 18.0 Å². The third kappa shape index (κ3) is 3.38. The van der Waals surface area contributed by atoms with E-state index in [4.69, 9.17) is 15.7 Å². The first kappa shape index (κ1) is 16.5. The van der Waals surface area contributed by atoms with Gasteiger partial charge in [0.1, 0.15) is 11.6 Å². The fourth-order valence-electron chi connectivity index (χ4n) is 3.58. The van der Waals surface area contributed by atoms with E-state index in [9.17, 15) is 4.79 Å². The molecule has 1 aliphatic heterocycles. The van der Waals surface area contributed by atoms with E-state index in [0.29, 0.717) is 6.42 Å². The van der Waals surface area contributed by atoms with Crippen molar-refractivity contribution in [3.63, 3.8) is 0 Å². The Hall–Kier alpha value is -2.95. The fraction of sp³-hybridized carbons (Fsp3) is 0.286. The highest BCUT2D eigenvalue weighted by molar-refractivity contribution is 5.89. The predicted molar refractivity (Wildman–Crippen MR) is 103 cm³/mol. The number of nitrogens with zero attached hydrogens (tertiary/aromatic N) is 3. The molecule has 2 heterocycles. The van der Waals surface area contributed by atoms with Gasteiger partial charge in [-0.05, 0) is 30.5 Å². The number of carbonyl (C=O) groups excluding carboxylic acids is 1. The van der Waals surface area contributed by atoms with E-state index < -0.39 is 0 Å². The molecule has 2 aromatic carbocycles. The average Bonchev–Trinajstić information content (AvgIpc) is 2.68. The molecule has 1 saturated heterocycles. The molecule has 0 saturated carbocycles. The van der Waals surface area contributed by atoms with Crippen LogP contribution in [0.4, 0.5) is 5.82 Å². The smallest absolute Gasteiger partial charge is 0.220 e.